The van der Waals surface area contributed by atoms with E-state index in [2.05, 4.69) is 10.3 Å². The number of carboxylic acid groups (broad SMARTS) is 1. The van der Waals surface area contributed by atoms with Gasteiger partial charge in [0.25, 0.3) is 0 Å². The molecule has 0 aliphatic rings. The zero-order chi connectivity index (χ0) is 28.3. The van der Waals surface area contributed by atoms with E-state index in [1.54, 1.807) is 54.6 Å². The van der Waals surface area contributed by atoms with Crippen LogP contribution in [0.25, 0.3) is 22.0 Å². The van der Waals surface area contributed by atoms with E-state index in [1.165, 1.54) is 24.2 Å². The first-order chi connectivity index (χ1) is 18.5. The number of carbonyl (C=O) groups is 3. The molecule has 0 bridgehead atoms. The van der Waals surface area contributed by atoms with Gasteiger partial charge in [0.1, 0.15) is 5.75 Å². The minimum atomic E-state index is -4.24. The fraction of sp³-hybridized carbons (Fsp3) is 0.143. The van der Waals surface area contributed by atoms with E-state index in [4.69, 9.17) is 4.74 Å². The number of phenols is 1. The van der Waals surface area contributed by atoms with Crippen molar-refractivity contribution in [3.05, 3.63) is 93.2 Å². The van der Waals surface area contributed by atoms with Gasteiger partial charge in [-0.25, -0.2) is 4.79 Å². The van der Waals surface area contributed by atoms with Crippen LogP contribution in [0.5, 0.6) is 5.75 Å². The molecule has 0 fully saturated rings. The van der Waals surface area contributed by atoms with Crippen LogP contribution < -0.4 is 5.32 Å². The summed E-state index contributed by atoms with van der Waals surface area (Å²) >= 11 is -4.24. The first-order valence-electron chi connectivity index (χ1n) is 11.6. The van der Waals surface area contributed by atoms with Crippen molar-refractivity contribution in [3.8, 4) is 16.9 Å². The molecule has 4 rings (SSSR count). The molecule has 11 heteroatoms. The van der Waals surface area contributed by atoms with Gasteiger partial charge in [0.15, 0.2) is 0 Å². The quantitative estimate of drug-likeness (QED) is 0.127. The van der Waals surface area contributed by atoms with Crippen LogP contribution in [0.1, 0.15) is 26.4 Å². The van der Waals surface area contributed by atoms with E-state index < -0.39 is 42.7 Å². The van der Waals surface area contributed by atoms with Gasteiger partial charge in [-0.3, -0.25) is 0 Å². The van der Waals surface area contributed by atoms with Crippen molar-refractivity contribution in [1.82, 2.24) is 10.3 Å². The third kappa shape index (κ3) is 6.44. The zero-order valence-corrected chi connectivity index (χ0v) is 23.1. The van der Waals surface area contributed by atoms with Crippen LogP contribution in [0.2, 0.25) is 0 Å². The standard InChI is InChI=1S/C28H25IN2O8/c1-29(37,38)19-5-3-4-17(13-19)18-8-11-23-21(14-18)22(27(34)35)15-24(30-23)26(33)31-25(28(36)39-2)12-16-6-9-20(32)10-7-16/h3-11,13-15,25,32H,12H2,1-2H3,(H,31,33)(H,34,35)(H,37,38)/t25-/m0/s1. The number of nitrogens with zero attached hydrogens (tertiary/aromatic N) is 1. The van der Waals surface area contributed by atoms with Crippen molar-refractivity contribution in [2.75, 3.05) is 12.0 Å². The number of alkyl halides is 1. The number of aromatic carboxylic acids is 1. The Kier molecular flexibility index (Phi) is 8.02. The summed E-state index contributed by atoms with van der Waals surface area (Å²) in [5.74, 6) is -2.71. The topological polar surface area (TPSA) is 163 Å². The molecule has 3 aromatic carbocycles. The van der Waals surface area contributed by atoms with Crippen LogP contribution in [-0.2, 0) is 19.0 Å². The van der Waals surface area contributed by atoms with Crippen LogP contribution in [0, 0.1) is 3.57 Å². The Balaban J connectivity index is 1.69. The number of benzene rings is 3. The predicted molar refractivity (Wildman–Crippen MR) is 151 cm³/mol. The number of hydrogen-bond donors (Lipinski definition) is 4. The van der Waals surface area contributed by atoms with Crippen LogP contribution in [0.3, 0.4) is 0 Å². The molecule has 4 aromatic rings. The average molecular weight is 644 g/mol. The van der Waals surface area contributed by atoms with Crippen molar-refractivity contribution in [2.24, 2.45) is 0 Å². The molecule has 202 valence electrons. The maximum atomic E-state index is 13.1. The third-order valence-corrected chi connectivity index (χ3v) is 8.98. The van der Waals surface area contributed by atoms with Gasteiger partial charge in [-0.15, -0.1) is 0 Å². The number of pyridine rings is 1. The SMILES string of the molecule is COC(=O)[C@H](Cc1ccc(O)cc1)NC(=O)c1cc(C(=O)O)c2cc(-c3cccc(I(C)(=O)O)c3)ccc2n1. The summed E-state index contributed by atoms with van der Waals surface area (Å²) in [6.45, 7) is 0. The Morgan fingerprint density at radius 2 is 1.69 bits per heavy atom. The van der Waals surface area contributed by atoms with Crippen LogP contribution in [0.15, 0.2) is 72.8 Å². The van der Waals surface area contributed by atoms with Gasteiger partial charge < -0.3 is 9.84 Å². The molecular weight excluding hydrogens is 619 g/mol. The monoisotopic (exact) mass is 644 g/mol. The fourth-order valence-electron chi connectivity index (χ4n) is 4.02. The van der Waals surface area contributed by atoms with E-state index in [-0.39, 0.29) is 34.3 Å². The van der Waals surface area contributed by atoms with Crippen molar-refractivity contribution in [3.63, 3.8) is 0 Å². The number of halogens is 1. The summed E-state index contributed by atoms with van der Waals surface area (Å²) in [5, 5.41) is 22.2. The molecule has 4 N–H and O–H groups in total. The second kappa shape index (κ2) is 11.3. The fourth-order valence-corrected chi connectivity index (χ4v) is 5.81. The molecule has 1 unspecified atom stereocenters. The number of amides is 1. The van der Waals surface area contributed by atoms with Crippen molar-refractivity contribution in [2.45, 2.75) is 12.5 Å². The number of phenolic OH excluding ortho intramolecular Hbond substituents is 1. The predicted octanol–water partition coefficient (Wildman–Crippen LogP) is 3.91. The summed E-state index contributed by atoms with van der Waals surface area (Å²) in [6, 6.07) is 17.6. The van der Waals surface area contributed by atoms with Crippen LogP contribution in [-0.4, -0.2) is 54.6 Å². The third-order valence-electron chi connectivity index (χ3n) is 6.00. The molecule has 39 heavy (non-hydrogen) atoms. The number of fused-ring (bicyclic) bond motifs is 1. The molecule has 0 radical (unpaired) electrons. The molecule has 0 saturated carbocycles. The van der Waals surface area contributed by atoms with Gasteiger partial charge in [0, 0.05) is 6.42 Å². The van der Waals surface area contributed by atoms with E-state index in [9.17, 15) is 31.1 Å². The maximum absolute atomic E-state index is 13.1. The number of aromatic nitrogens is 1. The molecule has 0 aliphatic heterocycles. The first-order valence-corrected chi connectivity index (χ1v) is 16.6. The number of aromatic hydroxyl groups is 1. The first kappa shape index (κ1) is 27.8. The number of ether oxygens (including phenoxy) is 1. The van der Waals surface area contributed by atoms with Gasteiger partial charge in [-0.05, 0) is 17.7 Å². The molecule has 1 aromatic heterocycles. The van der Waals surface area contributed by atoms with Crippen molar-refractivity contribution < 1.29 is 35.8 Å². The Morgan fingerprint density at radius 3 is 2.33 bits per heavy atom. The molecule has 0 aliphatic carbocycles. The number of carboxylic acids is 1. The molecule has 1 amide bonds. The summed E-state index contributed by atoms with van der Waals surface area (Å²) in [4.78, 5) is 43.2. The summed E-state index contributed by atoms with van der Waals surface area (Å²) < 4.78 is 27.3. The summed E-state index contributed by atoms with van der Waals surface area (Å²) in [7, 11) is 1.18. The van der Waals surface area contributed by atoms with Crippen LogP contribution in [0.4, 0.5) is 0 Å². The number of methoxy groups -OCH3 is 1. The number of carbonyl (C=O) groups excluding carboxylic acids is 2. The molecule has 2 atom stereocenters. The second-order valence-electron chi connectivity index (χ2n) is 8.77. The van der Waals surface area contributed by atoms with E-state index in [0.717, 1.165) is 6.07 Å². The van der Waals surface area contributed by atoms with Crippen molar-refractivity contribution in [1.29, 1.82) is 0 Å². The average Bonchev–Trinajstić information content (AvgIpc) is 2.91. The summed E-state index contributed by atoms with van der Waals surface area (Å²) in [5.41, 5.74) is 1.74. The molecule has 10 nitrogen and oxygen atoms in total. The molecular formula is C28H25IN2O8. The van der Waals surface area contributed by atoms with E-state index in [0.29, 0.717) is 20.3 Å². The summed E-state index contributed by atoms with van der Waals surface area (Å²) in [6.07, 6.45) is 0.0699. The van der Waals surface area contributed by atoms with E-state index >= 15 is 0 Å². The Labute approximate surface area is 227 Å². The van der Waals surface area contributed by atoms with Gasteiger partial charge in [0.05, 0.1) is 7.11 Å². The Morgan fingerprint density at radius 1 is 1.00 bits per heavy atom. The minimum absolute atomic E-state index is 0.0505. The number of rotatable bonds is 8. The normalized spacial score (nSPS) is 14.1. The van der Waals surface area contributed by atoms with Gasteiger partial charge in [-0.1, -0.05) is 12.1 Å². The van der Waals surface area contributed by atoms with E-state index in [1.807, 2.05) is 0 Å². The van der Waals surface area contributed by atoms with Gasteiger partial charge >= 0.3 is 165 Å². The van der Waals surface area contributed by atoms with Crippen molar-refractivity contribution >= 4 is 47.6 Å². The molecule has 0 saturated heterocycles. The Hall–Kier alpha value is -4.23. The molecule has 1 heterocycles. The molecule has 0 spiro atoms. The van der Waals surface area contributed by atoms with Gasteiger partial charge in [-0.2, -0.15) is 0 Å². The Bertz CT molecular complexity index is 1630. The number of hydrogen-bond acceptors (Lipinski definition) is 7. The second-order valence-corrected chi connectivity index (χ2v) is 14.3. The van der Waals surface area contributed by atoms with Gasteiger partial charge in [0.2, 0.25) is 0 Å². The van der Waals surface area contributed by atoms with Crippen LogP contribution >= 0.6 is 18.8 Å². The number of esters is 1. The zero-order valence-electron chi connectivity index (χ0n) is 20.9. The number of nitrogens with one attached hydrogen (secondary N) is 1.